The van der Waals surface area contributed by atoms with Crippen LogP contribution < -0.4 is 5.73 Å². The van der Waals surface area contributed by atoms with Gasteiger partial charge in [0.15, 0.2) is 0 Å². The number of benzene rings is 1. The number of carbonyl (C=O) groups excluding carboxylic acids is 1. The summed E-state index contributed by atoms with van der Waals surface area (Å²) in [5, 5.41) is 4.70. The lowest BCUT2D eigenvalue weighted by atomic mass is 9.95. The molecule has 1 unspecified atom stereocenters. The van der Waals surface area contributed by atoms with Gasteiger partial charge in [0.1, 0.15) is 0 Å². The third kappa shape index (κ3) is 4.46. The average Bonchev–Trinajstić information content (AvgIpc) is 2.82. The number of para-hydroxylation sites is 1. The molecule has 0 spiro atoms. The summed E-state index contributed by atoms with van der Waals surface area (Å²) in [4.78, 5) is 14.4. The largest absolute Gasteiger partial charge is 0.340 e. The molecule has 0 bridgehead atoms. The van der Waals surface area contributed by atoms with E-state index in [1.807, 2.05) is 51.6 Å². The number of amides is 1. The van der Waals surface area contributed by atoms with Crippen LogP contribution in [0.2, 0.25) is 0 Å². The van der Waals surface area contributed by atoms with Gasteiger partial charge in [0.25, 0.3) is 0 Å². The van der Waals surface area contributed by atoms with Crippen molar-refractivity contribution in [3.05, 3.63) is 46.8 Å². The van der Waals surface area contributed by atoms with Crippen molar-refractivity contribution < 1.29 is 4.79 Å². The molecule has 5 nitrogen and oxygen atoms in total. The van der Waals surface area contributed by atoms with E-state index >= 15 is 0 Å². The van der Waals surface area contributed by atoms with Crippen molar-refractivity contribution in [2.45, 2.75) is 59.5 Å². The highest BCUT2D eigenvalue weighted by atomic mass is 35.5. The molecule has 1 aromatic heterocycles. The van der Waals surface area contributed by atoms with E-state index in [1.54, 1.807) is 4.90 Å². The fourth-order valence-corrected chi connectivity index (χ4v) is 3.31. The van der Waals surface area contributed by atoms with Crippen LogP contribution in [0.5, 0.6) is 0 Å². The number of nitrogens with two attached hydrogens (primary N) is 1. The Labute approximate surface area is 163 Å². The minimum Gasteiger partial charge on any atom is -0.340 e. The summed E-state index contributed by atoms with van der Waals surface area (Å²) in [7, 11) is 1.81. The van der Waals surface area contributed by atoms with Crippen molar-refractivity contribution in [1.29, 1.82) is 0 Å². The van der Waals surface area contributed by atoms with Gasteiger partial charge in [-0.2, -0.15) is 5.10 Å². The van der Waals surface area contributed by atoms with Gasteiger partial charge in [0.2, 0.25) is 5.91 Å². The van der Waals surface area contributed by atoms with E-state index in [9.17, 15) is 4.79 Å². The third-order valence-corrected chi connectivity index (χ3v) is 4.78. The van der Waals surface area contributed by atoms with Gasteiger partial charge in [-0.15, -0.1) is 12.4 Å². The smallest absolute Gasteiger partial charge is 0.242 e. The Morgan fingerprint density at radius 3 is 2.46 bits per heavy atom. The summed E-state index contributed by atoms with van der Waals surface area (Å²) in [6.07, 6.45) is 1.56. The number of aryl methyl sites for hydroxylation is 2. The lowest BCUT2D eigenvalue weighted by Crippen LogP contribution is -2.51. The molecule has 0 fully saturated rings. The molecule has 0 saturated carbocycles. The van der Waals surface area contributed by atoms with E-state index in [4.69, 9.17) is 10.8 Å². The zero-order valence-corrected chi connectivity index (χ0v) is 17.5. The van der Waals surface area contributed by atoms with Crippen molar-refractivity contribution in [3.8, 4) is 5.69 Å². The van der Waals surface area contributed by atoms with Gasteiger partial charge in [-0.1, -0.05) is 31.5 Å². The topological polar surface area (TPSA) is 64.2 Å². The van der Waals surface area contributed by atoms with Crippen LogP contribution >= 0.6 is 12.4 Å². The normalized spacial score (nSPS) is 13.0. The molecule has 1 amide bonds. The second kappa shape index (κ2) is 8.69. The van der Waals surface area contributed by atoms with E-state index in [-0.39, 0.29) is 18.3 Å². The Bertz CT molecular complexity index is 767. The van der Waals surface area contributed by atoms with Crippen molar-refractivity contribution in [2.24, 2.45) is 5.73 Å². The van der Waals surface area contributed by atoms with Gasteiger partial charge in [-0.25, -0.2) is 4.68 Å². The number of hydrogen-bond donors (Lipinski definition) is 1. The number of halogens is 1. The van der Waals surface area contributed by atoms with E-state index in [0.29, 0.717) is 13.0 Å². The average molecular weight is 379 g/mol. The molecule has 2 aromatic rings. The molecule has 1 heterocycles. The molecule has 2 N–H and O–H groups in total. The number of aromatic nitrogens is 2. The highest BCUT2D eigenvalue weighted by Crippen LogP contribution is 2.22. The van der Waals surface area contributed by atoms with Crippen LogP contribution in [-0.4, -0.2) is 33.2 Å². The van der Waals surface area contributed by atoms with Gasteiger partial charge in [-0.05, 0) is 45.7 Å². The number of nitrogens with zero attached hydrogens (tertiary/aromatic N) is 3. The fourth-order valence-electron chi connectivity index (χ4n) is 3.31. The van der Waals surface area contributed by atoms with E-state index < -0.39 is 5.54 Å². The van der Waals surface area contributed by atoms with E-state index in [0.717, 1.165) is 29.1 Å². The third-order valence-electron chi connectivity index (χ3n) is 4.78. The van der Waals surface area contributed by atoms with Gasteiger partial charge >= 0.3 is 0 Å². The highest BCUT2D eigenvalue weighted by Gasteiger charge is 2.31. The molecule has 2 rings (SSSR count). The molecule has 1 aromatic carbocycles. The monoisotopic (exact) mass is 378 g/mol. The molecule has 0 aliphatic rings. The number of likely N-dealkylation sites (N-methyl/N-ethyl adjacent to an activating group) is 1. The zero-order valence-electron chi connectivity index (χ0n) is 16.7. The quantitative estimate of drug-likeness (QED) is 0.833. The van der Waals surface area contributed by atoms with Crippen molar-refractivity contribution in [3.63, 3.8) is 0 Å². The Kier molecular flexibility index (Phi) is 7.42. The van der Waals surface area contributed by atoms with Crippen LogP contribution in [0.25, 0.3) is 5.69 Å². The second-order valence-electron chi connectivity index (χ2n) is 7.18. The molecular weight excluding hydrogens is 348 g/mol. The molecule has 6 heteroatoms. The lowest BCUT2D eigenvalue weighted by molar-refractivity contribution is -0.135. The predicted molar refractivity (Wildman–Crippen MR) is 109 cm³/mol. The first-order chi connectivity index (χ1) is 11.7. The summed E-state index contributed by atoms with van der Waals surface area (Å²) in [6.45, 7) is 10.5. The molecule has 1 atom stereocenters. The predicted octanol–water partition coefficient (Wildman–Crippen LogP) is 3.70. The summed E-state index contributed by atoms with van der Waals surface area (Å²) >= 11 is 0. The first-order valence-electron chi connectivity index (χ1n) is 8.84. The summed E-state index contributed by atoms with van der Waals surface area (Å²) in [5.74, 6) is -0.0307. The molecule has 0 saturated heterocycles. The Hall–Kier alpha value is -1.85. The summed E-state index contributed by atoms with van der Waals surface area (Å²) < 4.78 is 1.96. The maximum atomic E-state index is 12.7. The van der Waals surface area contributed by atoms with Crippen molar-refractivity contribution >= 4 is 18.3 Å². The number of carbonyl (C=O) groups is 1. The van der Waals surface area contributed by atoms with Crippen LogP contribution in [0.15, 0.2) is 24.3 Å². The van der Waals surface area contributed by atoms with Gasteiger partial charge in [0, 0.05) is 24.8 Å². The van der Waals surface area contributed by atoms with Gasteiger partial charge < -0.3 is 10.6 Å². The summed E-state index contributed by atoms with van der Waals surface area (Å²) in [5.41, 5.74) is 10.7. The molecule has 144 valence electrons. The maximum absolute atomic E-state index is 12.7. The molecule has 26 heavy (non-hydrogen) atoms. The Morgan fingerprint density at radius 1 is 1.27 bits per heavy atom. The summed E-state index contributed by atoms with van der Waals surface area (Å²) in [6, 6.07) is 8.17. The van der Waals surface area contributed by atoms with Crippen LogP contribution in [0, 0.1) is 20.8 Å². The van der Waals surface area contributed by atoms with Crippen LogP contribution in [-0.2, 0) is 11.3 Å². The maximum Gasteiger partial charge on any atom is 0.242 e. The minimum atomic E-state index is -0.822. The molecule has 0 aliphatic carbocycles. The lowest BCUT2D eigenvalue weighted by Gasteiger charge is -2.29. The van der Waals surface area contributed by atoms with E-state index in [2.05, 4.69) is 19.1 Å². The van der Waals surface area contributed by atoms with Gasteiger partial charge in [-0.3, -0.25) is 4.79 Å². The number of rotatable bonds is 6. The first kappa shape index (κ1) is 22.2. The zero-order chi connectivity index (χ0) is 18.8. The second-order valence-corrected chi connectivity index (χ2v) is 7.18. The Morgan fingerprint density at radius 2 is 1.88 bits per heavy atom. The first-order valence-corrected chi connectivity index (χ1v) is 8.84. The highest BCUT2D eigenvalue weighted by molar-refractivity contribution is 5.85. The van der Waals surface area contributed by atoms with Crippen molar-refractivity contribution in [2.75, 3.05) is 7.05 Å². The minimum absolute atomic E-state index is 0. The molecular formula is C20H31ClN4O. The SMILES string of the molecule is CCCC(C)(N)C(=O)N(C)Cc1c(C)nn(-c2ccccc2C)c1C.Cl. The van der Waals surface area contributed by atoms with Crippen molar-refractivity contribution in [1.82, 2.24) is 14.7 Å². The fraction of sp³-hybridized carbons (Fsp3) is 0.500. The van der Waals surface area contributed by atoms with Crippen LogP contribution in [0.3, 0.4) is 0 Å². The molecule has 0 radical (unpaired) electrons. The van der Waals surface area contributed by atoms with Gasteiger partial charge in [0.05, 0.1) is 16.9 Å². The van der Waals surface area contributed by atoms with E-state index in [1.165, 1.54) is 5.56 Å². The van der Waals surface area contributed by atoms with Crippen LogP contribution in [0.4, 0.5) is 0 Å². The van der Waals surface area contributed by atoms with Crippen LogP contribution in [0.1, 0.15) is 49.2 Å². The molecule has 0 aliphatic heterocycles. The number of hydrogen-bond acceptors (Lipinski definition) is 3. The Balaban J connectivity index is 0.00000338. The standard InChI is InChI=1S/C20H30N4O.ClH/c1-7-12-20(5,21)19(25)23(6)13-17-15(3)22-24(16(17)4)18-11-9-8-10-14(18)2;/h8-11H,7,12-13,21H2,1-6H3;1H.